The number of ether oxygens (including phenoxy) is 1. The van der Waals surface area contributed by atoms with Gasteiger partial charge in [-0.25, -0.2) is 8.42 Å². The molecule has 0 aliphatic carbocycles. The minimum Gasteiger partial charge on any atom is -0.495 e. The second kappa shape index (κ2) is 9.62. The highest BCUT2D eigenvalue weighted by Gasteiger charge is 2.27. The number of benzene rings is 2. The molecule has 164 valence electrons. The van der Waals surface area contributed by atoms with E-state index in [1.165, 1.54) is 14.2 Å². The van der Waals surface area contributed by atoms with Crippen LogP contribution in [-0.2, 0) is 14.8 Å². The third kappa shape index (κ3) is 5.21. The second-order valence-corrected chi connectivity index (χ2v) is 10.1. The number of hydrogen-bond acceptors (Lipinski definition) is 4. The maximum absolute atomic E-state index is 13.2. The maximum atomic E-state index is 13.2. The van der Waals surface area contributed by atoms with Gasteiger partial charge in [-0.2, -0.15) is 4.31 Å². The normalized spacial score (nSPS) is 11.9. The van der Waals surface area contributed by atoms with Crippen molar-refractivity contribution in [1.29, 1.82) is 0 Å². The Morgan fingerprint density at radius 1 is 1.10 bits per heavy atom. The Hall–Kier alpha value is -2.38. The predicted octanol–water partition coefficient (Wildman–Crippen LogP) is 4.51. The molecule has 0 aliphatic rings. The Labute approximate surface area is 180 Å². The Balaban J connectivity index is 2.29. The molecule has 2 aromatic rings. The molecule has 0 radical (unpaired) electrons. The van der Waals surface area contributed by atoms with E-state index >= 15 is 0 Å². The molecule has 0 spiro atoms. The molecule has 0 saturated carbocycles. The summed E-state index contributed by atoms with van der Waals surface area (Å²) in [6.45, 7) is 9.70. The summed E-state index contributed by atoms with van der Waals surface area (Å²) in [5.41, 5.74) is 3.57. The van der Waals surface area contributed by atoms with Crippen LogP contribution in [0, 0.1) is 6.92 Å². The minimum atomic E-state index is -3.91. The summed E-state index contributed by atoms with van der Waals surface area (Å²) in [5, 5.41) is 2.90. The Kier molecular flexibility index (Phi) is 7.66. The molecular formula is C23H32N2O4S. The van der Waals surface area contributed by atoms with Crippen LogP contribution >= 0.6 is 0 Å². The maximum Gasteiger partial charge on any atom is 0.246 e. The van der Waals surface area contributed by atoms with Crippen molar-refractivity contribution in [2.45, 2.75) is 51.3 Å². The van der Waals surface area contributed by atoms with Crippen LogP contribution in [0.1, 0.15) is 56.2 Å². The first-order valence-corrected chi connectivity index (χ1v) is 11.5. The van der Waals surface area contributed by atoms with Gasteiger partial charge in [-0.1, -0.05) is 52.0 Å². The molecule has 0 atom stereocenters. The number of carbonyl (C=O) groups excluding carboxylic acids is 1. The highest BCUT2D eigenvalue weighted by atomic mass is 32.2. The SMILES string of the molecule is COc1ccc(C(C)C)cc1S(=O)(=O)N(C)CC(=O)Nc1c(C)cccc1C(C)C. The average molecular weight is 433 g/mol. The van der Waals surface area contributed by atoms with Gasteiger partial charge in [0, 0.05) is 12.7 Å². The van der Waals surface area contributed by atoms with Crippen molar-refractivity contribution < 1.29 is 17.9 Å². The molecule has 0 heterocycles. The highest BCUT2D eigenvalue weighted by Crippen LogP contribution is 2.30. The summed E-state index contributed by atoms with van der Waals surface area (Å²) in [5.74, 6) is 0.252. The standard InChI is InChI=1S/C23H32N2O4S/c1-15(2)18-11-12-20(29-7)21(13-18)30(27,28)25(6)14-22(26)24-23-17(5)9-8-10-19(23)16(3)4/h8-13,15-16H,14H2,1-7H3,(H,24,26). The molecule has 1 amide bonds. The van der Waals surface area contributed by atoms with Gasteiger partial charge >= 0.3 is 0 Å². The molecule has 1 N–H and O–H groups in total. The van der Waals surface area contributed by atoms with Crippen LogP contribution in [0.4, 0.5) is 5.69 Å². The molecule has 0 fully saturated rings. The Bertz CT molecular complexity index is 1010. The number of methoxy groups -OCH3 is 1. The lowest BCUT2D eigenvalue weighted by atomic mass is 9.98. The number of likely N-dealkylation sites (N-methyl/N-ethyl adjacent to an activating group) is 1. The zero-order valence-electron chi connectivity index (χ0n) is 18.8. The van der Waals surface area contributed by atoms with Crippen LogP contribution in [0.3, 0.4) is 0 Å². The fraction of sp³-hybridized carbons (Fsp3) is 0.435. The van der Waals surface area contributed by atoms with Crippen molar-refractivity contribution in [1.82, 2.24) is 4.31 Å². The van der Waals surface area contributed by atoms with Crippen molar-refractivity contribution in [3.8, 4) is 5.75 Å². The van der Waals surface area contributed by atoms with Gasteiger partial charge in [-0.3, -0.25) is 4.79 Å². The average Bonchev–Trinajstić information content (AvgIpc) is 2.68. The second-order valence-electron chi connectivity index (χ2n) is 8.07. The topological polar surface area (TPSA) is 75.7 Å². The molecule has 6 nitrogen and oxygen atoms in total. The Morgan fingerprint density at radius 2 is 1.77 bits per heavy atom. The molecule has 0 aromatic heterocycles. The summed E-state index contributed by atoms with van der Waals surface area (Å²) in [6, 6.07) is 11.0. The van der Waals surface area contributed by atoms with Crippen molar-refractivity contribution in [3.63, 3.8) is 0 Å². The Morgan fingerprint density at radius 3 is 2.33 bits per heavy atom. The zero-order chi connectivity index (χ0) is 22.6. The number of nitrogens with zero attached hydrogens (tertiary/aromatic N) is 1. The lowest BCUT2D eigenvalue weighted by molar-refractivity contribution is -0.116. The van der Waals surface area contributed by atoms with Crippen molar-refractivity contribution in [3.05, 3.63) is 53.1 Å². The summed E-state index contributed by atoms with van der Waals surface area (Å²) in [6.07, 6.45) is 0. The smallest absolute Gasteiger partial charge is 0.246 e. The molecule has 30 heavy (non-hydrogen) atoms. The third-order valence-corrected chi connectivity index (χ3v) is 6.92. The summed E-state index contributed by atoms with van der Waals surface area (Å²) in [4.78, 5) is 12.8. The van der Waals surface area contributed by atoms with Crippen LogP contribution in [0.2, 0.25) is 0 Å². The molecule has 7 heteroatoms. The minimum absolute atomic E-state index is 0.0604. The number of anilines is 1. The lowest BCUT2D eigenvalue weighted by Crippen LogP contribution is -2.35. The number of hydrogen-bond donors (Lipinski definition) is 1. The number of carbonyl (C=O) groups is 1. The molecule has 0 bridgehead atoms. The van der Waals surface area contributed by atoms with E-state index in [9.17, 15) is 13.2 Å². The van der Waals surface area contributed by atoms with E-state index < -0.39 is 15.9 Å². The summed E-state index contributed by atoms with van der Waals surface area (Å²) >= 11 is 0. The van der Waals surface area contributed by atoms with Gasteiger partial charge in [0.25, 0.3) is 0 Å². The third-order valence-electron chi connectivity index (χ3n) is 5.10. The van der Waals surface area contributed by atoms with E-state index in [4.69, 9.17) is 4.74 Å². The zero-order valence-corrected chi connectivity index (χ0v) is 19.6. The van der Waals surface area contributed by atoms with Crippen LogP contribution in [-0.4, -0.2) is 39.3 Å². The van der Waals surface area contributed by atoms with Crippen LogP contribution in [0.15, 0.2) is 41.3 Å². The van der Waals surface area contributed by atoms with Gasteiger partial charge in [0.2, 0.25) is 15.9 Å². The van der Waals surface area contributed by atoms with Gasteiger partial charge < -0.3 is 10.1 Å². The van der Waals surface area contributed by atoms with Crippen LogP contribution in [0.25, 0.3) is 0 Å². The number of amides is 1. The van der Waals surface area contributed by atoms with E-state index in [0.29, 0.717) is 0 Å². The molecule has 2 aromatic carbocycles. The van der Waals surface area contributed by atoms with E-state index in [1.54, 1.807) is 12.1 Å². The summed E-state index contributed by atoms with van der Waals surface area (Å²) < 4.78 is 32.7. The molecule has 0 saturated heterocycles. The lowest BCUT2D eigenvalue weighted by Gasteiger charge is -2.21. The largest absolute Gasteiger partial charge is 0.495 e. The first-order chi connectivity index (χ1) is 14.0. The number of para-hydroxylation sites is 1. The van der Waals surface area contributed by atoms with Gasteiger partial charge in [-0.05, 0) is 47.6 Å². The van der Waals surface area contributed by atoms with E-state index in [2.05, 4.69) is 19.2 Å². The molecule has 0 unspecified atom stereocenters. The van der Waals surface area contributed by atoms with E-state index in [-0.39, 0.29) is 29.0 Å². The van der Waals surface area contributed by atoms with E-state index in [1.807, 2.05) is 45.0 Å². The number of nitrogens with one attached hydrogen (secondary N) is 1. The van der Waals surface area contributed by atoms with Crippen molar-refractivity contribution in [2.24, 2.45) is 0 Å². The van der Waals surface area contributed by atoms with Gasteiger partial charge in [0.15, 0.2) is 0 Å². The molecule has 0 aliphatic heterocycles. The van der Waals surface area contributed by atoms with Gasteiger partial charge in [0.1, 0.15) is 10.6 Å². The summed E-state index contributed by atoms with van der Waals surface area (Å²) in [7, 11) is -1.08. The van der Waals surface area contributed by atoms with E-state index in [0.717, 1.165) is 26.7 Å². The number of sulfonamides is 1. The first kappa shape index (κ1) is 23.9. The number of aryl methyl sites for hydroxylation is 1. The van der Waals surface area contributed by atoms with Gasteiger partial charge in [-0.15, -0.1) is 0 Å². The van der Waals surface area contributed by atoms with Crippen molar-refractivity contribution in [2.75, 3.05) is 26.0 Å². The number of rotatable bonds is 8. The molecule has 2 rings (SSSR count). The predicted molar refractivity (Wildman–Crippen MR) is 121 cm³/mol. The van der Waals surface area contributed by atoms with Crippen LogP contribution < -0.4 is 10.1 Å². The quantitative estimate of drug-likeness (QED) is 0.666. The fourth-order valence-electron chi connectivity index (χ4n) is 3.23. The van der Waals surface area contributed by atoms with Crippen LogP contribution in [0.5, 0.6) is 5.75 Å². The molecular weight excluding hydrogens is 400 g/mol. The van der Waals surface area contributed by atoms with Crippen molar-refractivity contribution >= 4 is 21.6 Å². The first-order valence-electron chi connectivity index (χ1n) is 10.0. The highest BCUT2D eigenvalue weighted by molar-refractivity contribution is 7.89. The van der Waals surface area contributed by atoms with Gasteiger partial charge in [0.05, 0.1) is 13.7 Å². The fourth-order valence-corrected chi connectivity index (χ4v) is 4.54. The monoisotopic (exact) mass is 432 g/mol.